The van der Waals surface area contributed by atoms with Gasteiger partial charge >= 0.3 is 0 Å². The minimum atomic E-state index is -0.691. The maximum absolute atomic E-state index is 10.9. The molecule has 9 heteroatoms. The highest BCUT2D eigenvalue weighted by Gasteiger charge is 2.22. The third kappa shape index (κ3) is 10.7. The van der Waals surface area contributed by atoms with Crippen LogP contribution in [0.25, 0.3) is 0 Å². The first-order valence-corrected chi connectivity index (χ1v) is 16.7. The van der Waals surface area contributed by atoms with Gasteiger partial charge in [-0.15, -0.1) is 11.3 Å². The number of aromatic nitrogens is 3. The summed E-state index contributed by atoms with van der Waals surface area (Å²) in [6.45, 7) is 19.4. The zero-order valence-corrected chi connectivity index (χ0v) is 28.6. The molecular weight excluding hydrogens is 556 g/mol. The molecule has 0 fully saturated rings. The second-order valence-corrected chi connectivity index (χ2v) is 12.0. The highest BCUT2D eigenvalue weighted by molar-refractivity contribution is 7.11. The molecule has 1 aromatic carbocycles. The van der Waals surface area contributed by atoms with E-state index < -0.39 is 6.10 Å². The largest absolute Gasteiger partial charge is 0.396 e. The molecule has 43 heavy (non-hydrogen) atoms. The lowest BCUT2D eigenvalue weighted by atomic mass is 9.96. The van der Waals surface area contributed by atoms with Gasteiger partial charge in [0, 0.05) is 48.2 Å². The van der Waals surface area contributed by atoms with Crippen LogP contribution in [-0.4, -0.2) is 56.7 Å². The number of aliphatic hydroxyl groups is 2. The van der Waals surface area contributed by atoms with Crippen LogP contribution in [0.2, 0.25) is 0 Å². The average Bonchev–Trinajstić information content (AvgIpc) is 3.38. The van der Waals surface area contributed by atoms with Crippen LogP contribution in [0.5, 0.6) is 0 Å². The first-order chi connectivity index (χ1) is 20.7. The summed E-state index contributed by atoms with van der Waals surface area (Å²) in [7, 11) is 0. The lowest BCUT2D eigenvalue weighted by molar-refractivity contribution is 0.0701. The summed E-state index contributed by atoms with van der Waals surface area (Å²) in [4.78, 5) is 20.4. The Hall–Kier alpha value is -2.88. The number of nitrogens with zero attached hydrogens (tertiary/aromatic N) is 4. The summed E-state index contributed by atoms with van der Waals surface area (Å²) >= 11 is 1.67. The van der Waals surface area contributed by atoms with Gasteiger partial charge in [0.15, 0.2) is 0 Å². The smallest absolute Gasteiger partial charge is 0.225 e. The van der Waals surface area contributed by atoms with Crippen LogP contribution in [0, 0.1) is 26.7 Å². The number of hydrogen-bond donors (Lipinski definition) is 4. The summed E-state index contributed by atoms with van der Waals surface area (Å²) in [5.41, 5.74) is 6.11. The van der Waals surface area contributed by atoms with E-state index in [0.29, 0.717) is 18.2 Å². The van der Waals surface area contributed by atoms with Crippen LogP contribution in [0.3, 0.4) is 0 Å². The van der Waals surface area contributed by atoms with E-state index >= 15 is 0 Å². The van der Waals surface area contributed by atoms with Crippen molar-refractivity contribution in [1.82, 2.24) is 15.0 Å². The molecule has 1 unspecified atom stereocenters. The van der Waals surface area contributed by atoms with Gasteiger partial charge < -0.3 is 20.8 Å². The van der Waals surface area contributed by atoms with Crippen molar-refractivity contribution in [2.24, 2.45) is 10.9 Å². The molecule has 2 heterocycles. The van der Waals surface area contributed by atoms with Crippen molar-refractivity contribution in [3.63, 3.8) is 0 Å². The average molecular weight is 611 g/mol. The quantitative estimate of drug-likeness (QED) is 0.125. The summed E-state index contributed by atoms with van der Waals surface area (Å²) < 4.78 is 0. The van der Waals surface area contributed by atoms with Gasteiger partial charge in [-0.05, 0) is 53.0 Å². The van der Waals surface area contributed by atoms with Crippen molar-refractivity contribution in [2.75, 3.05) is 30.3 Å². The number of unbranched alkanes of at least 4 members (excludes halogenated alkanes) is 1. The summed E-state index contributed by atoms with van der Waals surface area (Å²) in [5.74, 6) is 1.04. The molecule has 8 nitrogen and oxygen atoms in total. The number of benzene rings is 1. The molecule has 2 aromatic heterocycles. The zero-order valence-electron chi connectivity index (χ0n) is 27.8. The number of anilines is 2. The zero-order chi connectivity index (χ0) is 31.9. The molecular formula is C34H54N6O2S. The van der Waals surface area contributed by atoms with E-state index in [1.807, 2.05) is 34.6 Å². The number of rotatable bonds is 16. The predicted octanol–water partition coefficient (Wildman–Crippen LogP) is 7.44. The Balaban J connectivity index is 0.00000316. The van der Waals surface area contributed by atoms with Crippen LogP contribution in [0.1, 0.15) is 111 Å². The molecule has 0 aliphatic rings. The van der Waals surface area contributed by atoms with E-state index in [1.54, 1.807) is 11.3 Å². The molecule has 0 radical (unpaired) electrons. The van der Waals surface area contributed by atoms with Gasteiger partial charge in [0.2, 0.25) is 5.95 Å². The van der Waals surface area contributed by atoms with Crippen LogP contribution < -0.4 is 10.6 Å². The Kier molecular flexibility index (Phi) is 15.8. The fourth-order valence-electron chi connectivity index (χ4n) is 4.96. The molecule has 0 saturated carbocycles. The third-order valence-electron chi connectivity index (χ3n) is 7.50. The topological polar surface area (TPSA) is 116 Å². The molecule has 0 aliphatic heterocycles. The molecule has 4 N–H and O–H groups in total. The monoisotopic (exact) mass is 610 g/mol. The fraction of sp³-hybridized carbons (Fsp3) is 0.588. The van der Waals surface area contributed by atoms with Gasteiger partial charge in [0.1, 0.15) is 5.82 Å². The Morgan fingerprint density at radius 3 is 2.33 bits per heavy atom. The Morgan fingerprint density at radius 1 is 1.02 bits per heavy atom. The van der Waals surface area contributed by atoms with Gasteiger partial charge in [-0.2, -0.15) is 4.98 Å². The van der Waals surface area contributed by atoms with Crippen molar-refractivity contribution >= 4 is 28.8 Å². The third-order valence-corrected chi connectivity index (χ3v) is 8.47. The van der Waals surface area contributed by atoms with E-state index in [0.717, 1.165) is 64.8 Å². The molecule has 0 spiro atoms. The molecule has 0 bridgehead atoms. The van der Waals surface area contributed by atoms with Gasteiger partial charge in [-0.1, -0.05) is 70.4 Å². The summed E-state index contributed by atoms with van der Waals surface area (Å²) in [6, 6.07) is 8.60. The van der Waals surface area contributed by atoms with Crippen molar-refractivity contribution in [2.45, 2.75) is 107 Å². The lowest BCUT2D eigenvalue weighted by Crippen LogP contribution is -2.31. The normalized spacial score (nSPS) is 13.6. The molecule has 3 atom stereocenters. The van der Waals surface area contributed by atoms with Crippen molar-refractivity contribution in [1.29, 1.82) is 0 Å². The first-order valence-electron chi connectivity index (χ1n) is 15.9. The number of hydrogen-bond acceptors (Lipinski definition) is 9. The molecule has 238 valence electrons. The van der Waals surface area contributed by atoms with E-state index in [1.165, 1.54) is 11.1 Å². The van der Waals surface area contributed by atoms with E-state index in [9.17, 15) is 10.2 Å². The Morgan fingerprint density at radius 2 is 1.72 bits per heavy atom. The predicted molar refractivity (Wildman–Crippen MR) is 183 cm³/mol. The minimum Gasteiger partial charge on any atom is -0.396 e. The van der Waals surface area contributed by atoms with Gasteiger partial charge in [-0.3, -0.25) is 4.99 Å². The van der Waals surface area contributed by atoms with Gasteiger partial charge in [0.25, 0.3) is 0 Å². The van der Waals surface area contributed by atoms with Crippen LogP contribution in [0.4, 0.5) is 11.8 Å². The molecule has 3 aromatic rings. The standard InChI is InChI=1S/C32H48N6O2S.C2H6/c1-8-11-12-25(19-39)28(40)18-34-31-26(17-29-37-30(23(7)41-29)22(6)33-10-3)21(5)35-32(38-31)36-27(9-2)24-15-13-20(4)14-16-24;1-2/h13-16,25,27-28,39-40H,8-12,17-19H2,1-7H3,(H2,34,35,36,38);1-2H3/t25?,27-,28+;/m1./s1. The molecule has 0 amide bonds. The minimum absolute atomic E-state index is 0.0418. The Labute approximate surface area is 263 Å². The Bertz CT molecular complexity index is 1270. The molecule has 0 aliphatic carbocycles. The van der Waals surface area contributed by atoms with Crippen molar-refractivity contribution < 1.29 is 10.2 Å². The highest BCUT2D eigenvalue weighted by atomic mass is 32.1. The number of nitrogens with one attached hydrogen (secondary N) is 2. The van der Waals surface area contributed by atoms with Gasteiger partial charge in [0.05, 0.1) is 28.6 Å². The number of aryl methyl sites for hydroxylation is 3. The number of thiazole rings is 1. The second-order valence-electron chi connectivity index (χ2n) is 10.8. The van der Waals surface area contributed by atoms with E-state index in [-0.39, 0.29) is 25.1 Å². The van der Waals surface area contributed by atoms with Crippen LogP contribution >= 0.6 is 11.3 Å². The fourth-order valence-corrected chi connectivity index (χ4v) is 5.96. The number of aliphatic imine (C=N–C) groups is 1. The molecule has 3 rings (SSSR count). The molecule has 0 saturated heterocycles. The van der Waals surface area contributed by atoms with Crippen LogP contribution in [-0.2, 0) is 6.42 Å². The van der Waals surface area contributed by atoms with Crippen LogP contribution in [0.15, 0.2) is 29.3 Å². The number of aliphatic hydroxyl groups excluding tert-OH is 2. The summed E-state index contributed by atoms with van der Waals surface area (Å²) in [6.07, 6.45) is 3.54. The SMILES string of the molecule is CC.CCCCC(CO)[C@@H](O)CNc1nc(N[C@H](CC)c2ccc(C)cc2)nc(C)c1Cc1nc(C(C)=NCC)c(C)s1. The van der Waals surface area contributed by atoms with E-state index in [4.69, 9.17) is 15.0 Å². The second kappa shape index (κ2) is 18.7. The lowest BCUT2D eigenvalue weighted by Gasteiger charge is -2.23. The maximum atomic E-state index is 10.9. The summed E-state index contributed by atoms with van der Waals surface area (Å²) in [5, 5.41) is 28.7. The first kappa shape index (κ1) is 36.3. The van der Waals surface area contributed by atoms with Crippen molar-refractivity contribution in [3.8, 4) is 0 Å². The maximum Gasteiger partial charge on any atom is 0.225 e. The van der Waals surface area contributed by atoms with Gasteiger partial charge in [-0.25, -0.2) is 9.97 Å². The van der Waals surface area contributed by atoms with Crippen molar-refractivity contribution in [3.05, 3.63) is 62.2 Å². The van der Waals surface area contributed by atoms with E-state index in [2.05, 4.69) is 67.6 Å². The highest BCUT2D eigenvalue weighted by Crippen LogP contribution is 2.28.